The van der Waals surface area contributed by atoms with E-state index < -0.39 is 6.10 Å². The molecule has 0 unspecified atom stereocenters. The second-order valence-electron chi connectivity index (χ2n) is 8.70. The predicted molar refractivity (Wildman–Crippen MR) is 99.8 cm³/mol. The zero-order valence-electron chi connectivity index (χ0n) is 15.6. The molecule has 4 heteroatoms. The van der Waals surface area contributed by atoms with Gasteiger partial charge in [-0.3, -0.25) is 0 Å². The van der Waals surface area contributed by atoms with Crippen molar-refractivity contribution in [2.45, 2.75) is 76.9 Å². The van der Waals surface area contributed by atoms with E-state index in [0.29, 0.717) is 17.9 Å². The SMILES string of the molecule is Cc1c2c(cc3c4c(c(=O)oc13)CCC4)[C@@H](O)C[C@@]1(CCC[C@H](C)C1)O2. The van der Waals surface area contributed by atoms with Crippen LogP contribution in [0.3, 0.4) is 0 Å². The molecule has 0 saturated heterocycles. The standard InChI is InChI=1S/C22H26O4/c1-12-5-4-8-22(10-12)11-18(23)17-9-16-14-6-3-7-15(14)21(24)25-19(16)13(2)20(17)26-22/h9,12,18,23H,3-8,10-11H2,1-2H3/t12-,18-,22-/m0/s1. The van der Waals surface area contributed by atoms with Crippen LogP contribution in [-0.2, 0) is 12.8 Å². The largest absolute Gasteiger partial charge is 0.486 e. The molecule has 1 aromatic heterocycles. The summed E-state index contributed by atoms with van der Waals surface area (Å²) < 4.78 is 12.3. The second kappa shape index (κ2) is 5.59. The van der Waals surface area contributed by atoms with Gasteiger partial charge >= 0.3 is 5.63 Å². The zero-order valence-corrected chi connectivity index (χ0v) is 15.6. The Bertz CT molecular complexity index is 957. The highest BCUT2D eigenvalue weighted by Crippen LogP contribution is 2.50. The first-order valence-corrected chi connectivity index (χ1v) is 9.96. The van der Waals surface area contributed by atoms with Gasteiger partial charge in [0.25, 0.3) is 0 Å². The van der Waals surface area contributed by atoms with E-state index in [4.69, 9.17) is 9.15 Å². The number of aryl methyl sites for hydroxylation is 2. The lowest BCUT2D eigenvalue weighted by Gasteiger charge is -2.45. The van der Waals surface area contributed by atoms with Crippen LogP contribution in [0.1, 0.15) is 73.8 Å². The highest BCUT2D eigenvalue weighted by Gasteiger charge is 2.44. The topological polar surface area (TPSA) is 59.7 Å². The minimum atomic E-state index is -0.517. The highest BCUT2D eigenvalue weighted by molar-refractivity contribution is 5.88. The number of fused-ring (bicyclic) bond motifs is 4. The summed E-state index contributed by atoms with van der Waals surface area (Å²) in [6.07, 6.45) is 7.18. The molecule has 4 nitrogen and oxygen atoms in total. The Labute approximate surface area is 153 Å². The van der Waals surface area contributed by atoms with E-state index >= 15 is 0 Å². The summed E-state index contributed by atoms with van der Waals surface area (Å²) in [6, 6.07) is 2.02. The predicted octanol–water partition coefficient (Wildman–Crippen LogP) is 4.35. The van der Waals surface area contributed by atoms with Crippen LogP contribution in [0.5, 0.6) is 5.75 Å². The zero-order chi connectivity index (χ0) is 18.1. The molecule has 2 aromatic rings. The van der Waals surface area contributed by atoms with Crippen molar-refractivity contribution in [3.63, 3.8) is 0 Å². The maximum Gasteiger partial charge on any atom is 0.339 e. The highest BCUT2D eigenvalue weighted by atomic mass is 16.5. The van der Waals surface area contributed by atoms with Crippen LogP contribution in [0.2, 0.25) is 0 Å². The van der Waals surface area contributed by atoms with Gasteiger partial charge in [0.15, 0.2) is 0 Å². The van der Waals surface area contributed by atoms with E-state index in [1.165, 1.54) is 6.42 Å². The van der Waals surface area contributed by atoms with Crippen molar-refractivity contribution < 1.29 is 14.3 Å². The minimum absolute atomic E-state index is 0.203. The van der Waals surface area contributed by atoms with Crippen molar-refractivity contribution in [3.8, 4) is 5.75 Å². The van der Waals surface area contributed by atoms with Gasteiger partial charge in [-0.1, -0.05) is 13.3 Å². The normalized spacial score (nSPS) is 30.3. The van der Waals surface area contributed by atoms with Crippen LogP contribution in [0.4, 0.5) is 0 Å². The van der Waals surface area contributed by atoms with E-state index in [2.05, 4.69) is 6.92 Å². The van der Waals surface area contributed by atoms with Crippen LogP contribution in [0, 0.1) is 12.8 Å². The number of hydrogen-bond acceptors (Lipinski definition) is 4. The molecule has 26 heavy (non-hydrogen) atoms. The first-order chi connectivity index (χ1) is 12.5. The van der Waals surface area contributed by atoms with E-state index in [-0.39, 0.29) is 11.2 Å². The Morgan fingerprint density at radius 1 is 1.19 bits per heavy atom. The Hall–Kier alpha value is -1.81. The Kier molecular flexibility index (Phi) is 3.52. The second-order valence-corrected chi connectivity index (χ2v) is 8.70. The fraction of sp³-hybridized carbons (Fsp3) is 0.591. The molecule has 3 atom stereocenters. The quantitative estimate of drug-likeness (QED) is 0.714. The van der Waals surface area contributed by atoms with Gasteiger partial charge in [0.2, 0.25) is 0 Å². The van der Waals surface area contributed by atoms with Gasteiger partial charge in [0.1, 0.15) is 16.9 Å². The van der Waals surface area contributed by atoms with Crippen molar-refractivity contribution >= 4 is 11.0 Å². The third kappa shape index (κ3) is 2.27. The third-order valence-corrected chi connectivity index (χ3v) is 6.76. The molecule has 2 heterocycles. The lowest BCUT2D eigenvalue weighted by molar-refractivity contribution is -0.0499. The average molecular weight is 354 g/mol. The van der Waals surface area contributed by atoms with Gasteiger partial charge in [-0.15, -0.1) is 0 Å². The van der Waals surface area contributed by atoms with Crippen molar-refractivity contribution in [2.75, 3.05) is 0 Å². The van der Waals surface area contributed by atoms with Crippen molar-refractivity contribution in [1.29, 1.82) is 0 Å². The lowest BCUT2D eigenvalue weighted by Crippen LogP contribution is -2.44. The van der Waals surface area contributed by atoms with E-state index in [9.17, 15) is 9.90 Å². The maximum atomic E-state index is 12.4. The first kappa shape index (κ1) is 16.4. The monoisotopic (exact) mass is 354 g/mol. The maximum absolute atomic E-state index is 12.4. The van der Waals surface area contributed by atoms with E-state index in [0.717, 1.165) is 71.9 Å². The number of aliphatic hydroxyl groups excluding tert-OH is 1. The summed E-state index contributed by atoms with van der Waals surface area (Å²) in [4.78, 5) is 12.4. The van der Waals surface area contributed by atoms with Crippen LogP contribution in [0.25, 0.3) is 11.0 Å². The van der Waals surface area contributed by atoms with Gasteiger partial charge in [-0.25, -0.2) is 4.79 Å². The number of aliphatic hydroxyl groups is 1. The Balaban J connectivity index is 1.71. The molecule has 1 saturated carbocycles. The number of rotatable bonds is 0. The van der Waals surface area contributed by atoms with Crippen molar-refractivity contribution in [2.24, 2.45) is 5.92 Å². The van der Waals surface area contributed by atoms with Crippen molar-refractivity contribution in [1.82, 2.24) is 0 Å². The molecule has 3 aliphatic rings. The van der Waals surface area contributed by atoms with Gasteiger partial charge in [0.05, 0.1) is 6.10 Å². The fourth-order valence-electron chi connectivity index (χ4n) is 5.58. The summed E-state index contributed by atoms with van der Waals surface area (Å²) in [7, 11) is 0. The summed E-state index contributed by atoms with van der Waals surface area (Å²) in [5.74, 6) is 1.35. The molecule has 2 aliphatic carbocycles. The molecule has 1 fully saturated rings. The van der Waals surface area contributed by atoms with E-state index in [1.807, 2.05) is 13.0 Å². The van der Waals surface area contributed by atoms with Crippen LogP contribution in [0.15, 0.2) is 15.3 Å². The minimum Gasteiger partial charge on any atom is -0.486 e. The lowest BCUT2D eigenvalue weighted by atomic mass is 9.73. The molecule has 1 aromatic carbocycles. The average Bonchev–Trinajstić information content (AvgIpc) is 3.08. The van der Waals surface area contributed by atoms with Crippen LogP contribution >= 0.6 is 0 Å². The number of benzene rings is 1. The van der Waals surface area contributed by atoms with Crippen molar-refractivity contribution in [3.05, 3.63) is 38.7 Å². The summed E-state index contributed by atoms with van der Waals surface area (Å²) >= 11 is 0. The molecule has 138 valence electrons. The van der Waals surface area contributed by atoms with Crippen LogP contribution in [-0.4, -0.2) is 10.7 Å². The smallest absolute Gasteiger partial charge is 0.339 e. The molecular formula is C22H26O4. The number of ether oxygens (including phenoxy) is 1. The molecular weight excluding hydrogens is 328 g/mol. The molecule has 1 N–H and O–H groups in total. The van der Waals surface area contributed by atoms with Gasteiger partial charge in [-0.2, -0.15) is 0 Å². The van der Waals surface area contributed by atoms with Gasteiger partial charge in [0, 0.05) is 28.5 Å². The molecule has 1 aliphatic heterocycles. The van der Waals surface area contributed by atoms with Gasteiger partial charge < -0.3 is 14.3 Å². The summed E-state index contributed by atoms with van der Waals surface area (Å²) in [5.41, 5.74) is 3.82. The fourth-order valence-corrected chi connectivity index (χ4v) is 5.58. The Morgan fingerprint density at radius 3 is 2.81 bits per heavy atom. The Morgan fingerprint density at radius 2 is 2.00 bits per heavy atom. The van der Waals surface area contributed by atoms with Crippen LogP contribution < -0.4 is 10.4 Å². The molecule has 0 radical (unpaired) electrons. The molecule has 0 amide bonds. The summed E-state index contributed by atoms with van der Waals surface area (Å²) in [6.45, 7) is 4.23. The van der Waals surface area contributed by atoms with E-state index in [1.54, 1.807) is 0 Å². The number of hydrogen-bond donors (Lipinski definition) is 1. The molecule has 1 spiro atoms. The first-order valence-electron chi connectivity index (χ1n) is 9.96. The summed E-state index contributed by atoms with van der Waals surface area (Å²) in [5, 5.41) is 12.0. The molecule has 0 bridgehead atoms. The van der Waals surface area contributed by atoms with Gasteiger partial charge in [-0.05, 0) is 63.0 Å². The third-order valence-electron chi connectivity index (χ3n) is 6.76. The molecule has 5 rings (SSSR count).